The monoisotopic (exact) mass is 260 g/mol. The number of carbonyl (C=O) groups excluding carboxylic acids is 1. The maximum atomic E-state index is 11.6. The van der Waals surface area contributed by atoms with Gasteiger partial charge in [0.25, 0.3) is 5.69 Å². The number of benzene rings is 1. The first-order valence-corrected chi connectivity index (χ1v) is 6.11. The van der Waals surface area contributed by atoms with Crippen LogP contribution in [0, 0.1) is 15.5 Å². The van der Waals surface area contributed by atoms with Crippen LogP contribution in [0.2, 0.25) is 0 Å². The number of allylic oxidation sites excluding steroid dienone is 2. The summed E-state index contributed by atoms with van der Waals surface area (Å²) in [6.45, 7) is 4.07. The first kappa shape index (κ1) is 13.3. The molecule has 0 amide bonds. The van der Waals surface area contributed by atoms with E-state index in [2.05, 4.69) is 5.32 Å². The van der Waals surface area contributed by atoms with E-state index in [-0.39, 0.29) is 16.9 Å². The van der Waals surface area contributed by atoms with E-state index in [0.717, 1.165) is 12.1 Å². The van der Waals surface area contributed by atoms with Gasteiger partial charge in [0.05, 0.1) is 4.92 Å². The molecule has 0 aromatic heterocycles. The molecule has 0 saturated heterocycles. The predicted octanol–water partition coefficient (Wildman–Crippen LogP) is 3.28. The highest BCUT2D eigenvalue weighted by Crippen LogP contribution is 2.34. The molecule has 0 bridgehead atoms. The number of hydrogen-bond donors (Lipinski definition) is 1. The zero-order valence-corrected chi connectivity index (χ0v) is 11.0. The predicted molar refractivity (Wildman–Crippen MR) is 72.8 cm³/mol. The molecule has 1 aromatic carbocycles. The Balaban J connectivity index is 2.19. The molecule has 1 N–H and O–H groups in total. The number of carbonyl (C=O) groups is 1. The molecule has 5 heteroatoms. The smallest absolute Gasteiger partial charge is 0.271 e. The van der Waals surface area contributed by atoms with Crippen molar-refractivity contribution < 1.29 is 9.72 Å². The molecule has 5 nitrogen and oxygen atoms in total. The molecule has 0 aliphatic heterocycles. The van der Waals surface area contributed by atoms with Crippen molar-refractivity contribution in [3.63, 3.8) is 0 Å². The van der Waals surface area contributed by atoms with Crippen LogP contribution in [-0.4, -0.2) is 10.7 Å². The van der Waals surface area contributed by atoms with Gasteiger partial charge in [0.15, 0.2) is 5.78 Å². The highest BCUT2D eigenvalue weighted by atomic mass is 16.6. The Hall–Kier alpha value is -2.17. The topological polar surface area (TPSA) is 72.2 Å². The van der Waals surface area contributed by atoms with Crippen LogP contribution in [0.5, 0.6) is 0 Å². The van der Waals surface area contributed by atoms with Gasteiger partial charge in [0.1, 0.15) is 0 Å². The Morgan fingerprint density at radius 2 is 2.05 bits per heavy atom. The van der Waals surface area contributed by atoms with E-state index in [9.17, 15) is 14.9 Å². The van der Waals surface area contributed by atoms with Crippen LogP contribution in [-0.2, 0) is 4.79 Å². The minimum Gasteiger partial charge on any atom is -0.359 e. The van der Waals surface area contributed by atoms with E-state index in [0.29, 0.717) is 12.1 Å². The Morgan fingerprint density at radius 1 is 1.32 bits per heavy atom. The molecular weight excluding hydrogens is 244 g/mol. The lowest BCUT2D eigenvalue weighted by Gasteiger charge is -2.29. The minimum absolute atomic E-state index is 0.0343. The van der Waals surface area contributed by atoms with Crippen LogP contribution in [0.15, 0.2) is 36.0 Å². The fourth-order valence-corrected chi connectivity index (χ4v) is 2.31. The van der Waals surface area contributed by atoms with Crippen LogP contribution in [0.25, 0.3) is 0 Å². The van der Waals surface area contributed by atoms with Gasteiger partial charge in [-0.1, -0.05) is 19.9 Å². The standard InChI is InChI=1S/C14H16N2O3/c1-14(2)8-11(7-13(17)9-14)15-10-4-3-5-12(6-10)16(18)19/h3-7,15H,8-9H2,1-2H3. The molecule has 0 heterocycles. The van der Waals surface area contributed by atoms with Crippen molar-refractivity contribution in [2.45, 2.75) is 26.7 Å². The molecule has 0 spiro atoms. The van der Waals surface area contributed by atoms with E-state index in [1.165, 1.54) is 12.1 Å². The highest BCUT2D eigenvalue weighted by molar-refractivity contribution is 5.92. The zero-order chi connectivity index (χ0) is 14.0. The van der Waals surface area contributed by atoms with Gasteiger partial charge in [0.2, 0.25) is 0 Å². The maximum absolute atomic E-state index is 11.6. The molecule has 100 valence electrons. The molecule has 1 aliphatic rings. The minimum atomic E-state index is -0.435. The molecule has 0 saturated carbocycles. The van der Waals surface area contributed by atoms with Gasteiger partial charge in [-0.15, -0.1) is 0 Å². The SMILES string of the molecule is CC1(C)CC(=O)C=C(Nc2cccc([N+](=O)[O-])c2)C1. The summed E-state index contributed by atoms with van der Waals surface area (Å²) in [5, 5.41) is 13.8. The molecule has 0 radical (unpaired) electrons. The van der Waals surface area contributed by atoms with Gasteiger partial charge >= 0.3 is 0 Å². The van der Waals surface area contributed by atoms with Gasteiger partial charge in [-0.05, 0) is 17.9 Å². The van der Waals surface area contributed by atoms with Crippen LogP contribution in [0.1, 0.15) is 26.7 Å². The normalized spacial score (nSPS) is 17.8. The maximum Gasteiger partial charge on any atom is 0.271 e. The van der Waals surface area contributed by atoms with Crippen LogP contribution < -0.4 is 5.32 Å². The van der Waals surface area contributed by atoms with Crippen LogP contribution in [0.4, 0.5) is 11.4 Å². The highest BCUT2D eigenvalue weighted by Gasteiger charge is 2.27. The zero-order valence-electron chi connectivity index (χ0n) is 11.0. The Bertz CT molecular complexity index is 562. The average molecular weight is 260 g/mol. The fourth-order valence-electron chi connectivity index (χ4n) is 2.31. The summed E-state index contributed by atoms with van der Waals surface area (Å²) in [5.74, 6) is 0.0872. The first-order valence-electron chi connectivity index (χ1n) is 6.11. The molecule has 1 aromatic rings. The van der Waals surface area contributed by atoms with Crippen molar-refractivity contribution in [3.8, 4) is 0 Å². The summed E-state index contributed by atoms with van der Waals surface area (Å²) in [6.07, 6.45) is 2.87. The van der Waals surface area contributed by atoms with E-state index < -0.39 is 4.92 Å². The summed E-state index contributed by atoms with van der Waals surface area (Å²) in [7, 11) is 0. The molecular formula is C14H16N2O3. The van der Waals surface area contributed by atoms with Crippen molar-refractivity contribution in [1.29, 1.82) is 0 Å². The lowest BCUT2D eigenvalue weighted by atomic mass is 9.79. The van der Waals surface area contributed by atoms with E-state index in [1.807, 2.05) is 13.8 Å². The molecule has 0 unspecified atom stereocenters. The third-order valence-corrected chi connectivity index (χ3v) is 3.02. The van der Waals surface area contributed by atoms with Gasteiger partial charge in [-0.3, -0.25) is 14.9 Å². The number of nitrogens with one attached hydrogen (secondary N) is 1. The molecule has 2 rings (SSSR count). The van der Waals surface area contributed by atoms with Crippen molar-refractivity contribution in [2.75, 3.05) is 5.32 Å². The average Bonchev–Trinajstić information content (AvgIpc) is 2.26. The van der Waals surface area contributed by atoms with E-state index in [1.54, 1.807) is 18.2 Å². The number of anilines is 1. The molecule has 19 heavy (non-hydrogen) atoms. The summed E-state index contributed by atoms with van der Waals surface area (Å²) >= 11 is 0. The lowest BCUT2D eigenvalue weighted by Crippen LogP contribution is -2.24. The Labute approximate surface area is 111 Å². The Morgan fingerprint density at radius 3 is 2.68 bits per heavy atom. The van der Waals surface area contributed by atoms with E-state index in [4.69, 9.17) is 0 Å². The fraction of sp³-hybridized carbons (Fsp3) is 0.357. The summed E-state index contributed by atoms with van der Waals surface area (Å²) < 4.78 is 0. The number of nitro groups is 1. The third kappa shape index (κ3) is 3.40. The quantitative estimate of drug-likeness (QED) is 0.668. The molecule has 1 aliphatic carbocycles. The number of rotatable bonds is 3. The number of ketones is 1. The van der Waals surface area contributed by atoms with Gasteiger partial charge in [0, 0.05) is 36.0 Å². The number of hydrogen-bond acceptors (Lipinski definition) is 4. The van der Waals surface area contributed by atoms with Gasteiger partial charge in [-0.2, -0.15) is 0 Å². The second kappa shape index (κ2) is 4.84. The van der Waals surface area contributed by atoms with Gasteiger partial charge in [-0.25, -0.2) is 0 Å². The number of non-ortho nitro benzene ring substituents is 1. The second-order valence-electron chi connectivity index (χ2n) is 5.59. The molecule has 0 atom stereocenters. The van der Waals surface area contributed by atoms with Crippen LogP contribution >= 0.6 is 0 Å². The van der Waals surface area contributed by atoms with Crippen molar-refractivity contribution in [2.24, 2.45) is 5.41 Å². The lowest BCUT2D eigenvalue weighted by molar-refractivity contribution is -0.384. The van der Waals surface area contributed by atoms with Crippen molar-refractivity contribution in [3.05, 3.63) is 46.2 Å². The Kier molecular flexibility index (Phi) is 3.38. The van der Waals surface area contributed by atoms with Gasteiger partial charge < -0.3 is 5.32 Å². The van der Waals surface area contributed by atoms with E-state index >= 15 is 0 Å². The number of nitrogens with zero attached hydrogens (tertiary/aromatic N) is 1. The summed E-state index contributed by atoms with van der Waals surface area (Å²) in [4.78, 5) is 21.9. The second-order valence-corrected chi connectivity index (χ2v) is 5.59. The van der Waals surface area contributed by atoms with Crippen molar-refractivity contribution >= 4 is 17.2 Å². The van der Waals surface area contributed by atoms with Crippen molar-refractivity contribution in [1.82, 2.24) is 0 Å². The third-order valence-electron chi connectivity index (χ3n) is 3.02. The first-order chi connectivity index (χ1) is 8.85. The summed E-state index contributed by atoms with van der Waals surface area (Å²) in [6, 6.07) is 6.28. The summed E-state index contributed by atoms with van der Waals surface area (Å²) in [5.41, 5.74) is 1.40. The largest absolute Gasteiger partial charge is 0.359 e. The molecule has 0 fully saturated rings. The number of nitro benzene ring substituents is 1. The van der Waals surface area contributed by atoms with Crippen LogP contribution in [0.3, 0.4) is 0 Å².